The zero-order valence-corrected chi connectivity index (χ0v) is 10.4. The Morgan fingerprint density at radius 2 is 2.05 bits per heavy atom. The van der Waals surface area contributed by atoms with Gasteiger partial charge in [-0.25, -0.2) is 4.39 Å². The van der Waals surface area contributed by atoms with Gasteiger partial charge in [-0.15, -0.1) is 0 Å². The molecule has 1 unspecified atom stereocenters. The largest absolute Gasteiger partial charge is 0.416 e. The quantitative estimate of drug-likeness (QED) is 0.827. The Balaban J connectivity index is 1.97. The topological polar surface area (TPSA) is 24.1 Å². The Morgan fingerprint density at radius 3 is 2.63 bits per heavy atom. The second-order valence-corrected chi connectivity index (χ2v) is 4.72. The van der Waals surface area contributed by atoms with Crippen LogP contribution in [0.4, 0.5) is 23.2 Å². The van der Waals surface area contributed by atoms with E-state index in [1.165, 1.54) is 0 Å². The molecule has 0 aromatic heterocycles. The van der Waals surface area contributed by atoms with Crippen molar-refractivity contribution in [1.29, 1.82) is 0 Å². The number of nitrogens with one attached hydrogen (secondary N) is 2. The van der Waals surface area contributed by atoms with E-state index in [4.69, 9.17) is 0 Å². The number of benzene rings is 1. The zero-order valence-electron chi connectivity index (χ0n) is 10.4. The molecule has 0 aliphatic carbocycles. The van der Waals surface area contributed by atoms with Crippen LogP contribution in [0.15, 0.2) is 18.2 Å². The van der Waals surface area contributed by atoms with E-state index in [0.29, 0.717) is 12.6 Å². The van der Waals surface area contributed by atoms with Crippen molar-refractivity contribution in [1.82, 2.24) is 5.32 Å². The van der Waals surface area contributed by atoms with Crippen LogP contribution in [0.25, 0.3) is 0 Å². The fourth-order valence-electron chi connectivity index (χ4n) is 2.17. The lowest BCUT2D eigenvalue weighted by Gasteiger charge is -2.24. The predicted molar refractivity (Wildman–Crippen MR) is 65.5 cm³/mol. The van der Waals surface area contributed by atoms with Gasteiger partial charge in [-0.05, 0) is 37.6 Å². The molecular formula is C13H16F4N2. The second kappa shape index (κ2) is 5.77. The number of piperidine rings is 1. The van der Waals surface area contributed by atoms with Gasteiger partial charge in [0.2, 0.25) is 0 Å². The fourth-order valence-corrected chi connectivity index (χ4v) is 2.17. The molecule has 106 valence electrons. The van der Waals surface area contributed by atoms with E-state index in [2.05, 4.69) is 10.6 Å². The van der Waals surface area contributed by atoms with E-state index in [0.717, 1.165) is 37.9 Å². The van der Waals surface area contributed by atoms with Crippen molar-refractivity contribution in [3.05, 3.63) is 29.6 Å². The van der Waals surface area contributed by atoms with Crippen molar-refractivity contribution >= 4 is 5.69 Å². The molecule has 1 atom stereocenters. The van der Waals surface area contributed by atoms with E-state index in [1.807, 2.05) is 0 Å². The van der Waals surface area contributed by atoms with E-state index in [1.54, 1.807) is 0 Å². The van der Waals surface area contributed by atoms with Crippen molar-refractivity contribution in [3.63, 3.8) is 0 Å². The molecule has 1 aromatic rings. The maximum Gasteiger partial charge on any atom is 0.416 e. The summed E-state index contributed by atoms with van der Waals surface area (Å²) >= 11 is 0. The molecular weight excluding hydrogens is 260 g/mol. The number of alkyl halides is 3. The first-order chi connectivity index (χ1) is 8.97. The summed E-state index contributed by atoms with van der Waals surface area (Å²) in [7, 11) is 0. The fraction of sp³-hybridized carbons (Fsp3) is 0.538. The lowest BCUT2D eigenvalue weighted by atomic mass is 10.0. The molecule has 1 aliphatic heterocycles. The number of rotatable bonds is 3. The van der Waals surface area contributed by atoms with Gasteiger partial charge in [-0.1, -0.05) is 6.42 Å². The van der Waals surface area contributed by atoms with Crippen LogP contribution in [-0.2, 0) is 6.18 Å². The summed E-state index contributed by atoms with van der Waals surface area (Å²) in [6.07, 6.45) is -1.26. The predicted octanol–water partition coefficient (Wildman–Crippen LogP) is 3.40. The Hall–Kier alpha value is -1.30. The summed E-state index contributed by atoms with van der Waals surface area (Å²) in [6, 6.07) is 2.80. The SMILES string of the molecule is Fc1cc(C(F)(F)F)ccc1NCC1CCCCN1. The monoisotopic (exact) mass is 276 g/mol. The van der Waals surface area contributed by atoms with Crippen molar-refractivity contribution < 1.29 is 17.6 Å². The molecule has 1 saturated heterocycles. The highest BCUT2D eigenvalue weighted by molar-refractivity contribution is 5.47. The Bertz CT molecular complexity index is 425. The van der Waals surface area contributed by atoms with Crippen molar-refractivity contribution in [3.8, 4) is 0 Å². The van der Waals surface area contributed by atoms with Crippen LogP contribution in [0.5, 0.6) is 0 Å². The molecule has 0 spiro atoms. The highest BCUT2D eigenvalue weighted by Gasteiger charge is 2.31. The third-order valence-corrected chi connectivity index (χ3v) is 3.25. The van der Waals surface area contributed by atoms with E-state index >= 15 is 0 Å². The minimum absolute atomic E-state index is 0.111. The van der Waals surface area contributed by atoms with E-state index < -0.39 is 17.6 Å². The molecule has 0 bridgehead atoms. The van der Waals surface area contributed by atoms with Crippen LogP contribution < -0.4 is 10.6 Å². The molecule has 1 heterocycles. The molecule has 1 fully saturated rings. The second-order valence-electron chi connectivity index (χ2n) is 4.72. The first kappa shape index (κ1) is 14.1. The van der Waals surface area contributed by atoms with Crippen LogP contribution in [-0.4, -0.2) is 19.1 Å². The van der Waals surface area contributed by atoms with Crippen LogP contribution in [0.2, 0.25) is 0 Å². The molecule has 2 N–H and O–H groups in total. The van der Waals surface area contributed by atoms with Gasteiger partial charge in [0.05, 0.1) is 11.3 Å². The lowest BCUT2D eigenvalue weighted by Crippen LogP contribution is -2.39. The number of hydrogen-bond acceptors (Lipinski definition) is 2. The van der Waals surface area contributed by atoms with Crippen LogP contribution >= 0.6 is 0 Å². The van der Waals surface area contributed by atoms with Gasteiger partial charge in [0.1, 0.15) is 5.82 Å². The van der Waals surface area contributed by atoms with Crippen molar-refractivity contribution in [2.24, 2.45) is 0 Å². The average molecular weight is 276 g/mol. The third-order valence-electron chi connectivity index (χ3n) is 3.25. The maximum absolute atomic E-state index is 13.6. The van der Waals surface area contributed by atoms with Crippen LogP contribution in [0.1, 0.15) is 24.8 Å². The Morgan fingerprint density at radius 1 is 1.26 bits per heavy atom. The minimum atomic E-state index is -4.51. The van der Waals surface area contributed by atoms with E-state index in [9.17, 15) is 17.6 Å². The van der Waals surface area contributed by atoms with Crippen molar-refractivity contribution in [2.75, 3.05) is 18.4 Å². The molecule has 1 aliphatic rings. The number of anilines is 1. The highest BCUT2D eigenvalue weighted by atomic mass is 19.4. The summed E-state index contributed by atoms with van der Waals surface area (Å²) in [5, 5.41) is 6.14. The van der Waals surface area contributed by atoms with Gasteiger partial charge in [0.25, 0.3) is 0 Å². The minimum Gasteiger partial charge on any atom is -0.381 e. The first-order valence-corrected chi connectivity index (χ1v) is 6.31. The molecule has 0 saturated carbocycles. The van der Waals surface area contributed by atoms with Gasteiger partial charge in [0.15, 0.2) is 0 Å². The standard InChI is InChI=1S/C13H16F4N2/c14-11-7-9(13(15,16)17)4-5-12(11)19-8-10-3-1-2-6-18-10/h4-5,7,10,18-19H,1-3,6,8H2. The zero-order chi connectivity index (χ0) is 13.9. The van der Waals surface area contributed by atoms with Gasteiger partial charge in [0, 0.05) is 12.6 Å². The summed E-state index contributed by atoms with van der Waals surface area (Å²) in [5.41, 5.74) is -0.855. The molecule has 0 radical (unpaired) electrons. The van der Waals surface area contributed by atoms with Gasteiger partial charge in [-0.3, -0.25) is 0 Å². The molecule has 19 heavy (non-hydrogen) atoms. The Labute approximate surface area is 109 Å². The molecule has 1 aromatic carbocycles. The number of hydrogen-bond donors (Lipinski definition) is 2. The molecule has 2 nitrogen and oxygen atoms in total. The lowest BCUT2D eigenvalue weighted by molar-refractivity contribution is -0.137. The summed E-state index contributed by atoms with van der Waals surface area (Å²) in [5.74, 6) is -0.870. The third kappa shape index (κ3) is 3.83. The van der Waals surface area contributed by atoms with E-state index in [-0.39, 0.29) is 11.7 Å². The molecule has 6 heteroatoms. The molecule has 0 amide bonds. The Kier molecular flexibility index (Phi) is 4.29. The summed E-state index contributed by atoms with van der Waals surface area (Å²) in [4.78, 5) is 0. The maximum atomic E-state index is 13.6. The summed E-state index contributed by atoms with van der Waals surface area (Å²) < 4.78 is 50.7. The van der Waals surface area contributed by atoms with Gasteiger partial charge in [-0.2, -0.15) is 13.2 Å². The smallest absolute Gasteiger partial charge is 0.381 e. The average Bonchev–Trinajstić information content (AvgIpc) is 2.37. The van der Waals surface area contributed by atoms with Crippen molar-refractivity contribution in [2.45, 2.75) is 31.5 Å². The van der Waals surface area contributed by atoms with Crippen LogP contribution in [0.3, 0.4) is 0 Å². The van der Waals surface area contributed by atoms with Gasteiger partial charge >= 0.3 is 6.18 Å². The van der Waals surface area contributed by atoms with Gasteiger partial charge < -0.3 is 10.6 Å². The first-order valence-electron chi connectivity index (χ1n) is 6.31. The number of halogens is 4. The molecule has 2 rings (SSSR count). The van der Waals surface area contributed by atoms with Crippen LogP contribution in [0, 0.1) is 5.82 Å². The highest BCUT2D eigenvalue weighted by Crippen LogP contribution is 2.31. The normalized spacial score (nSPS) is 20.3. The summed E-state index contributed by atoms with van der Waals surface area (Å²) in [6.45, 7) is 1.45.